The van der Waals surface area contributed by atoms with Crippen LogP contribution in [0, 0.1) is 6.92 Å². The van der Waals surface area contributed by atoms with Gasteiger partial charge in [-0.05, 0) is 63.6 Å². The lowest BCUT2D eigenvalue weighted by atomic mass is 10.1. The largest absolute Gasteiger partial charge is 0.444 e. The first kappa shape index (κ1) is 24.6. The summed E-state index contributed by atoms with van der Waals surface area (Å²) >= 11 is 0. The first-order chi connectivity index (χ1) is 17.7. The lowest BCUT2D eigenvalue weighted by molar-refractivity contribution is 0.0139. The number of hydrogen-bond acceptors (Lipinski definition) is 8. The molecule has 4 heterocycles. The van der Waals surface area contributed by atoms with Crippen LogP contribution in [0.3, 0.4) is 0 Å². The molecule has 10 heteroatoms. The molecule has 0 radical (unpaired) electrons. The topological polar surface area (TPSA) is 112 Å². The summed E-state index contributed by atoms with van der Waals surface area (Å²) in [6, 6.07) is 12.0. The SMILES string of the molecule is Cc1cc(CN2CCN(C(=O)OC(C)(C)C)CC2)cc(Nc2nc3ccc(-c4ccncn4)cc3[nH]2)n1. The number of aryl methyl sites for hydroxylation is 1. The van der Waals surface area contributed by atoms with Gasteiger partial charge in [0.05, 0.1) is 16.7 Å². The van der Waals surface area contributed by atoms with Gasteiger partial charge in [-0.1, -0.05) is 6.07 Å². The Morgan fingerprint density at radius 2 is 1.89 bits per heavy atom. The first-order valence-electron chi connectivity index (χ1n) is 12.4. The minimum Gasteiger partial charge on any atom is -0.444 e. The van der Waals surface area contributed by atoms with Gasteiger partial charge in [0.25, 0.3) is 0 Å². The van der Waals surface area contributed by atoms with E-state index in [1.165, 1.54) is 0 Å². The van der Waals surface area contributed by atoms with Crippen LogP contribution in [0.2, 0.25) is 0 Å². The van der Waals surface area contributed by atoms with Crippen molar-refractivity contribution in [2.45, 2.75) is 39.8 Å². The molecular weight excluding hydrogens is 468 g/mol. The number of fused-ring (bicyclic) bond motifs is 1. The summed E-state index contributed by atoms with van der Waals surface area (Å²) in [5, 5.41) is 3.32. The molecule has 1 aliphatic heterocycles. The van der Waals surface area contributed by atoms with Crippen LogP contribution in [-0.2, 0) is 11.3 Å². The molecule has 1 aliphatic rings. The van der Waals surface area contributed by atoms with E-state index in [2.05, 4.69) is 41.2 Å². The highest BCUT2D eigenvalue weighted by atomic mass is 16.6. The predicted octanol–water partition coefficient (Wildman–Crippen LogP) is 4.52. The highest BCUT2D eigenvalue weighted by Crippen LogP contribution is 2.24. The Hall–Kier alpha value is -4.05. The van der Waals surface area contributed by atoms with E-state index in [-0.39, 0.29) is 6.09 Å². The minimum absolute atomic E-state index is 0.242. The molecule has 0 atom stereocenters. The zero-order chi connectivity index (χ0) is 26.0. The summed E-state index contributed by atoms with van der Waals surface area (Å²) in [4.78, 5) is 37.4. The summed E-state index contributed by atoms with van der Waals surface area (Å²) in [7, 11) is 0. The highest BCUT2D eigenvalue weighted by molar-refractivity contribution is 5.83. The number of hydrogen-bond donors (Lipinski definition) is 2. The molecule has 37 heavy (non-hydrogen) atoms. The quantitative estimate of drug-likeness (QED) is 0.411. The number of pyridine rings is 1. The fourth-order valence-corrected chi connectivity index (χ4v) is 4.38. The molecule has 1 aromatic carbocycles. The van der Waals surface area contributed by atoms with E-state index in [0.717, 1.165) is 59.0 Å². The average molecular weight is 501 g/mol. The van der Waals surface area contributed by atoms with Crippen molar-refractivity contribution in [1.29, 1.82) is 0 Å². The molecule has 0 saturated carbocycles. The second-order valence-corrected chi connectivity index (χ2v) is 10.3. The number of rotatable bonds is 5. The average Bonchev–Trinajstić information content (AvgIpc) is 3.25. The fraction of sp³-hybridized carbons (Fsp3) is 0.370. The van der Waals surface area contributed by atoms with Crippen molar-refractivity contribution in [2.24, 2.45) is 0 Å². The molecule has 0 bridgehead atoms. The Morgan fingerprint density at radius 1 is 1.08 bits per heavy atom. The van der Waals surface area contributed by atoms with Gasteiger partial charge in [-0.3, -0.25) is 4.90 Å². The number of carbonyl (C=O) groups excluding carboxylic acids is 1. The van der Waals surface area contributed by atoms with Crippen molar-refractivity contribution in [3.63, 3.8) is 0 Å². The molecule has 2 N–H and O–H groups in total. The fourth-order valence-electron chi connectivity index (χ4n) is 4.38. The predicted molar refractivity (Wildman–Crippen MR) is 142 cm³/mol. The third kappa shape index (κ3) is 6.21. The van der Waals surface area contributed by atoms with Gasteiger partial charge in [-0.15, -0.1) is 0 Å². The van der Waals surface area contributed by atoms with Crippen molar-refractivity contribution >= 4 is 28.9 Å². The summed E-state index contributed by atoms with van der Waals surface area (Å²) in [5.41, 5.74) is 5.22. The van der Waals surface area contributed by atoms with Crippen LogP contribution in [-0.4, -0.2) is 72.6 Å². The molecule has 5 rings (SSSR count). The standard InChI is InChI=1S/C27H32N8O2/c1-18-13-19(16-34-9-11-35(12-10-34)26(36)37-27(2,3)4)14-24(30-18)33-25-31-22-6-5-20(15-23(22)32-25)21-7-8-28-17-29-21/h5-8,13-15,17H,9-12,16H2,1-4H3,(H2,30,31,32,33). The van der Waals surface area contributed by atoms with E-state index in [1.54, 1.807) is 17.4 Å². The Labute approximate surface area is 216 Å². The zero-order valence-corrected chi connectivity index (χ0v) is 21.7. The Bertz CT molecular complexity index is 1390. The number of aromatic nitrogens is 5. The molecule has 0 unspecified atom stereocenters. The third-order valence-corrected chi connectivity index (χ3v) is 6.05. The van der Waals surface area contributed by atoms with Crippen LogP contribution in [0.25, 0.3) is 22.3 Å². The van der Waals surface area contributed by atoms with Crippen LogP contribution in [0.4, 0.5) is 16.6 Å². The van der Waals surface area contributed by atoms with Gasteiger partial charge in [0.2, 0.25) is 5.95 Å². The van der Waals surface area contributed by atoms with E-state index >= 15 is 0 Å². The van der Waals surface area contributed by atoms with E-state index in [0.29, 0.717) is 19.0 Å². The number of amides is 1. The molecule has 4 aromatic rings. The molecule has 0 aliphatic carbocycles. The summed E-state index contributed by atoms with van der Waals surface area (Å²) in [5.74, 6) is 1.36. The maximum absolute atomic E-state index is 12.4. The molecule has 10 nitrogen and oxygen atoms in total. The number of benzene rings is 1. The van der Waals surface area contributed by atoms with E-state index in [1.807, 2.05) is 58.0 Å². The van der Waals surface area contributed by atoms with Gasteiger partial charge in [0, 0.05) is 50.2 Å². The molecule has 3 aromatic heterocycles. The third-order valence-electron chi connectivity index (χ3n) is 6.05. The summed E-state index contributed by atoms with van der Waals surface area (Å²) < 4.78 is 5.51. The molecule has 0 spiro atoms. The van der Waals surface area contributed by atoms with Crippen molar-refractivity contribution in [2.75, 3.05) is 31.5 Å². The number of carbonyl (C=O) groups is 1. The normalized spacial score (nSPS) is 14.6. The van der Waals surface area contributed by atoms with Gasteiger partial charge >= 0.3 is 6.09 Å². The molecule has 1 saturated heterocycles. The van der Waals surface area contributed by atoms with Crippen LogP contribution in [0.15, 0.2) is 48.9 Å². The number of nitrogens with zero attached hydrogens (tertiary/aromatic N) is 6. The number of nitrogens with one attached hydrogen (secondary N) is 2. The number of anilines is 2. The van der Waals surface area contributed by atoms with E-state index < -0.39 is 5.60 Å². The molecule has 1 amide bonds. The Balaban J connectivity index is 1.24. The summed E-state index contributed by atoms with van der Waals surface area (Å²) in [6.45, 7) is 11.3. The summed E-state index contributed by atoms with van der Waals surface area (Å²) in [6.07, 6.45) is 3.03. The van der Waals surface area contributed by atoms with Crippen LogP contribution in [0.1, 0.15) is 32.0 Å². The van der Waals surface area contributed by atoms with Crippen LogP contribution >= 0.6 is 0 Å². The molecular formula is C27H32N8O2. The van der Waals surface area contributed by atoms with E-state index in [9.17, 15) is 4.79 Å². The Kier molecular flexibility index (Phi) is 6.75. The maximum Gasteiger partial charge on any atom is 0.410 e. The lowest BCUT2D eigenvalue weighted by Crippen LogP contribution is -2.49. The van der Waals surface area contributed by atoms with E-state index in [4.69, 9.17) is 4.74 Å². The van der Waals surface area contributed by atoms with Crippen molar-refractivity contribution in [3.8, 4) is 11.3 Å². The number of aromatic amines is 1. The highest BCUT2D eigenvalue weighted by Gasteiger charge is 2.26. The van der Waals surface area contributed by atoms with Crippen molar-refractivity contribution < 1.29 is 9.53 Å². The monoisotopic (exact) mass is 500 g/mol. The second kappa shape index (κ2) is 10.1. The zero-order valence-electron chi connectivity index (χ0n) is 21.7. The van der Waals surface area contributed by atoms with Crippen LogP contribution < -0.4 is 5.32 Å². The van der Waals surface area contributed by atoms with Crippen molar-refractivity contribution in [3.05, 3.63) is 60.2 Å². The second-order valence-electron chi connectivity index (χ2n) is 10.3. The smallest absolute Gasteiger partial charge is 0.410 e. The number of piperazine rings is 1. The Morgan fingerprint density at radius 3 is 2.62 bits per heavy atom. The van der Waals surface area contributed by atoms with Gasteiger partial charge in [0.1, 0.15) is 17.7 Å². The lowest BCUT2D eigenvalue weighted by Gasteiger charge is -2.35. The number of imidazole rings is 1. The maximum atomic E-state index is 12.4. The minimum atomic E-state index is -0.481. The molecule has 1 fully saturated rings. The first-order valence-corrected chi connectivity index (χ1v) is 12.4. The van der Waals surface area contributed by atoms with Crippen LogP contribution in [0.5, 0.6) is 0 Å². The number of H-pyrrole nitrogens is 1. The van der Waals surface area contributed by atoms with Crippen molar-refractivity contribution in [1.82, 2.24) is 34.7 Å². The van der Waals surface area contributed by atoms with Gasteiger partial charge in [-0.2, -0.15) is 0 Å². The van der Waals surface area contributed by atoms with Gasteiger partial charge < -0.3 is 19.9 Å². The van der Waals surface area contributed by atoms with Gasteiger partial charge in [0.15, 0.2) is 0 Å². The molecule has 192 valence electrons. The van der Waals surface area contributed by atoms with Gasteiger partial charge in [-0.25, -0.2) is 24.7 Å². The number of ether oxygens (including phenoxy) is 1.